The van der Waals surface area contributed by atoms with Crippen LogP contribution < -0.4 is 5.32 Å². The summed E-state index contributed by atoms with van der Waals surface area (Å²) < 4.78 is 4.73. The van der Waals surface area contributed by atoms with Gasteiger partial charge in [-0.25, -0.2) is 4.79 Å². The molecule has 0 amide bonds. The van der Waals surface area contributed by atoms with Crippen LogP contribution in [0, 0.1) is 0 Å². The predicted molar refractivity (Wildman–Crippen MR) is 64.2 cm³/mol. The van der Waals surface area contributed by atoms with Gasteiger partial charge >= 0.3 is 5.97 Å². The highest BCUT2D eigenvalue weighted by Crippen LogP contribution is 2.09. The third-order valence-electron chi connectivity index (χ3n) is 2.10. The summed E-state index contributed by atoms with van der Waals surface area (Å²) in [4.78, 5) is 10.9. The van der Waals surface area contributed by atoms with Crippen LogP contribution in [0.5, 0.6) is 0 Å². The van der Waals surface area contributed by atoms with Gasteiger partial charge in [-0.3, -0.25) is 0 Å². The van der Waals surface area contributed by atoms with Gasteiger partial charge in [0.25, 0.3) is 0 Å². The van der Waals surface area contributed by atoms with E-state index in [1.165, 1.54) is 6.08 Å². The summed E-state index contributed by atoms with van der Waals surface area (Å²) in [6.45, 7) is 7.08. The van der Waals surface area contributed by atoms with Crippen molar-refractivity contribution in [2.24, 2.45) is 0 Å². The molecule has 0 aromatic carbocycles. The van der Waals surface area contributed by atoms with Crippen LogP contribution in [0.15, 0.2) is 12.2 Å². The lowest BCUT2D eigenvalue weighted by molar-refractivity contribution is -0.137. The van der Waals surface area contributed by atoms with Crippen molar-refractivity contribution in [3.63, 3.8) is 0 Å². The predicted octanol–water partition coefficient (Wildman–Crippen LogP) is 1.25. The molecule has 0 fully saturated rings. The van der Waals surface area contributed by atoms with Crippen molar-refractivity contribution in [2.45, 2.75) is 39.2 Å². The Morgan fingerprint density at radius 1 is 1.50 bits per heavy atom. The van der Waals surface area contributed by atoms with E-state index in [2.05, 4.69) is 5.32 Å². The molecule has 4 nitrogen and oxygen atoms in total. The van der Waals surface area contributed by atoms with Gasteiger partial charge in [0.05, 0.1) is 12.2 Å². The summed E-state index contributed by atoms with van der Waals surface area (Å²) in [5, 5.41) is 12.9. The van der Waals surface area contributed by atoms with Crippen molar-refractivity contribution < 1.29 is 14.6 Å². The maximum absolute atomic E-state index is 10.9. The topological polar surface area (TPSA) is 58.6 Å². The van der Waals surface area contributed by atoms with Gasteiger partial charge in [0.15, 0.2) is 0 Å². The van der Waals surface area contributed by atoms with Crippen LogP contribution in [0.2, 0.25) is 0 Å². The second kappa shape index (κ2) is 8.30. The van der Waals surface area contributed by atoms with E-state index in [4.69, 9.17) is 4.74 Å². The summed E-state index contributed by atoms with van der Waals surface area (Å²) in [5.74, 6) is -0.329. The average Bonchev–Trinajstić information content (AvgIpc) is 2.17. The van der Waals surface area contributed by atoms with Crippen LogP contribution in [-0.2, 0) is 9.53 Å². The number of ether oxygens (including phenoxy) is 1. The quantitative estimate of drug-likeness (QED) is 0.373. The highest BCUT2D eigenvalue weighted by atomic mass is 16.5. The second-order valence-corrected chi connectivity index (χ2v) is 4.03. The largest absolute Gasteiger partial charge is 0.463 e. The standard InChI is InChI=1S/C12H23NO3/c1-4-8-12(3,15)10-13-9-6-7-11(14)16-5-2/h6-7,13,15H,4-5,8-10H2,1-3H3/b7-6+. The number of aliphatic hydroxyl groups is 1. The van der Waals surface area contributed by atoms with Gasteiger partial charge in [0, 0.05) is 19.2 Å². The molecule has 94 valence electrons. The Kier molecular flexibility index (Phi) is 7.85. The van der Waals surface area contributed by atoms with Crippen molar-refractivity contribution >= 4 is 5.97 Å². The molecule has 2 N–H and O–H groups in total. The zero-order valence-electron chi connectivity index (χ0n) is 10.5. The average molecular weight is 229 g/mol. The van der Waals surface area contributed by atoms with Crippen molar-refractivity contribution in [2.75, 3.05) is 19.7 Å². The molecular weight excluding hydrogens is 206 g/mol. The van der Waals surface area contributed by atoms with Crippen LogP contribution in [-0.4, -0.2) is 36.4 Å². The maximum atomic E-state index is 10.9. The fourth-order valence-corrected chi connectivity index (χ4v) is 1.40. The van der Waals surface area contributed by atoms with E-state index in [-0.39, 0.29) is 5.97 Å². The number of esters is 1. The number of hydrogen-bond donors (Lipinski definition) is 2. The molecule has 0 rings (SSSR count). The van der Waals surface area contributed by atoms with Crippen LogP contribution >= 0.6 is 0 Å². The van der Waals surface area contributed by atoms with E-state index in [1.807, 2.05) is 6.92 Å². The van der Waals surface area contributed by atoms with E-state index >= 15 is 0 Å². The maximum Gasteiger partial charge on any atom is 0.330 e. The van der Waals surface area contributed by atoms with Gasteiger partial charge in [-0.1, -0.05) is 19.4 Å². The lowest BCUT2D eigenvalue weighted by atomic mass is 10.0. The van der Waals surface area contributed by atoms with Crippen molar-refractivity contribution in [3.8, 4) is 0 Å². The Morgan fingerprint density at radius 2 is 2.19 bits per heavy atom. The minimum atomic E-state index is -0.674. The van der Waals surface area contributed by atoms with Crippen LogP contribution in [0.25, 0.3) is 0 Å². The van der Waals surface area contributed by atoms with Gasteiger partial charge in [-0.15, -0.1) is 0 Å². The van der Waals surface area contributed by atoms with E-state index in [0.29, 0.717) is 19.7 Å². The molecule has 1 atom stereocenters. The van der Waals surface area contributed by atoms with Gasteiger partial charge < -0.3 is 15.2 Å². The van der Waals surface area contributed by atoms with Crippen molar-refractivity contribution in [1.82, 2.24) is 5.32 Å². The molecule has 0 bridgehead atoms. The molecule has 4 heteroatoms. The van der Waals surface area contributed by atoms with Crippen LogP contribution in [0.3, 0.4) is 0 Å². The Hall–Kier alpha value is -0.870. The molecule has 0 radical (unpaired) electrons. The molecule has 0 aliphatic carbocycles. The smallest absolute Gasteiger partial charge is 0.330 e. The Labute approximate surface area is 97.7 Å². The molecule has 0 heterocycles. The van der Waals surface area contributed by atoms with Gasteiger partial charge in [-0.05, 0) is 20.3 Å². The molecule has 16 heavy (non-hydrogen) atoms. The molecule has 1 unspecified atom stereocenters. The fraction of sp³-hybridized carbons (Fsp3) is 0.750. The molecule has 0 saturated heterocycles. The molecule has 0 aromatic rings. The summed E-state index contributed by atoms with van der Waals surface area (Å²) >= 11 is 0. The first-order valence-corrected chi connectivity index (χ1v) is 5.78. The van der Waals surface area contributed by atoms with Gasteiger partial charge in [0.1, 0.15) is 0 Å². The summed E-state index contributed by atoms with van der Waals surface area (Å²) in [7, 11) is 0. The number of carbonyl (C=O) groups is 1. The number of nitrogens with one attached hydrogen (secondary N) is 1. The van der Waals surface area contributed by atoms with Crippen molar-refractivity contribution in [3.05, 3.63) is 12.2 Å². The lowest BCUT2D eigenvalue weighted by Crippen LogP contribution is -2.37. The first kappa shape index (κ1) is 15.1. The molecule has 0 aliphatic heterocycles. The SMILES string of the molecule is CCCC(C)(O)CNC/C=C/C(=O)OCC. The Morgan fingerprint density at radius 3 is 2.75 bits per heavy atom. The zero-order chi connectivity index (χ0) is 12.4. The fourth-order valence-electron chi connectivity index (χ4n) is 1.40. The molecule has 0 saturated carbocycles. The monoisotopic (exact) mass is 229 g/mol. The third-order valence-corrected chi connectivity index (χ3v) is 2.10. The first-order valence-electron chi connectivity index (χ1n) is 5.78. The van der Waals surface area contributed by atoms with Crippen LogP contribution in [0.1, 0.15) is 33.6 Å². The summed E-state index contributed by atoms with van der Waals surface area (Å²) in [5.41, 5.74) is -0.674. The molecule has 0 spiro atoms. The van der Waals surface area contributed by atoms with E-state index < -0.39 is 5.60 Å². The highest BCUT2D eigenvalue weighted by molar-refractivity contribution is 5.81. The van der Waals surface area contributed by atoms with Crippen LogP contribution in [0.4, 0.5) is 0 Å². The first-order chi connectivity index (χ1) is 7.52. The number of carbonyl (C=O) groups excluding carboxylic acids is 1. The zero-order valence-corrected chi connectivity index (χ0v) is 10.5. The van der Waals surface area contributed by atoms with Gasteiger partial charge in [0.2, 0.25) is 0 Å². The van der Waals surface area contributed by atoms with Gasteiger partial charge in [-0.2, -0.15) is 0 Å². The van der Waals surface area contributed by atoms with Crippen molar-refractivity contribution in [1.29, 1.82) is 0 Å². The third kappa shape index (κ3) is 8.44. The van der Waals surface area contributed by atoms with E-state index in [1.54, 1.807) is 19.9 Å². The van der Waals surface area contributed by atoms with E-state index in [9.17, 15) is 9.90 Å². The molecule has 0 aromatic heterocycles. The number of hydrogen-bond acceptors (Lipinski definition) is 4. The Bertz CT molecular complexity index is 224. The number of rotatable bonds is 8. The second-order valence-electron chi connectivity index (χ2n) is 4.03. The summed E-state index contributed by atoms with van der Waals surface area (Å²) in [6, 6.07) is 0. The normalized spacial score (nSPS) is 15.0. The molecule has 0 aliphatic rings. The molecular formula is C12H23NO3. The highest BCUT2D eigenvalue weighted by Gasteiger charge is 2.17. The minimum Gasteiger partial charge on any atom is -0.463 e. The van der Waals surface area contributed by atoms with E-state index in [0.717, 1.165) is 12.8 Å². The minimum absolute atomic E-state index is 0.329. The Balaban J connectivity index is 3.63. The summed E-state index contributed by atoms with van der Waals surface area (Å²) in [6.07, 6.45) is 4.81. The lowest BCUT2D eigenvalue weighted by Gasteiger charge is -2.22.